The van der Waals surface area contributed by atoms with Crippen molar-refractivity contribution in [3.63, 3.8) is 0 Å². The summed E-state index contributed by atoms with van der Waals surface area (Å²) in [7, 11) is -3.45. The third-order valence-corrected chi connectivity index (χ3v) is 3.36. The van der Waals surface area contributed by atoms with Crippen LogP contribution in [0.3, 0.4) is 0 Å². The second-order valence-electron chi connectivity index (χ2n) is 5.11. The van der Waals surface area contributed by atoms with E-state index >= 15 is 0 Å². The lowest BCUT2D eigenvalue weighted by Gasteiger charge is -2.15. The average molecular weight is 316 g/mol. The van der Waals surface area contributed by atoms with Crippen LogP contribution in [0.1, 0.15) is 33.6 Å². The Morgan fingerprint density at radius 2 is 1.62 bits per heavy atom. The molecule has 5 nitrogen and oxygen atoms in total. The zero-order valence-corrected chi connectivity index (χ0v) is 13.9. The van der Waals surface area contributed by atoms with E-state index < -0.39 is 16.2 Å². The van der Waals surface area contributed by atoms with Crippen LogP contribution in [0.2, 0.25) is 0 Å². The first-order valence-corrected chi connectivity index (χ1v) is 8.89. The van der Waals surface area contributed by atoms with Gasteiger partial charge < -0.3 is 9.47 Å². The van der Waals surface area contributed by atoms with Gasteiger partial charge in [-0.3, -0.25) is 4.18 Å². The molecule has 1 aromatic rings. The Bertz CT molecular complexity index is 509. The number of benzene rings is 1. The summed E-state index contributed by atoms with van der Waals surface area (Å²) in [5.74, 6) is 1.44. The minimum Gasteiger partial charge on any atom is -0.491 e. The molecule has 21 heavy (non-hydrogen) atoms. The van der Waals surface area contributed by atoms with Crippen molar-refractivity contribution >= 4 is 10.1 Å². The van der Waals surface area contributed by atoms with Crippen molar-refractivity contribution in [3.05, 3.63) is 24.3 Å². The van der Waals surface area contributed by atoms with E-state index in [4.69, 9.17) is 13.7 Å². The summed E-state index contributed by atoms with van der Waals surface area (Å²) in [6.07, 6.45) is 2.78. The zero-order valence-electron chi connectivity index (χ0n) is 13.0. The zero-order chi connectivity index (χ0) is 15.9. The van der Waals surface area contributed by atoms with Crippen molar-refractivity contribution in [1.82, 2.24) is 0 Å². The van der Waals surface area contributed by atoms with Gasteiger partial charge in [0.15, 0.2) is 0 Å². The Morgan fingerprint density at radius 1 is 1.05 bits per heavy atom. The summed E-state index contributed by atoms with van der Waals surface area (Å²) in [6, 6.07) is 7.26. The van der Waals surface area contributed by atoms with E-state index in [1.165, 1.54) is 0 Å². The van der Waals surface area contributed by atoms with Crippen molar-refractivity contribution in [1.29, 1.82) is 0 Å². The van der Waals surface area contributed by atoms with Crippen LogP contribution in [0, 0.1) is 0 Å². The molecule has 0 aliphatic heterocycles. The lowest BCUT2D eigenvalue weighted by Crippen LogP contribution is -2.21. The van der Waals surface area contributed by atoms with Gasteiger partial charge in [-0.15, -0.1) is 0 Å². The quantitative estimate of drug-likeness (QED) is 0.655. The molecular weight excluding hydrogens is 292 g/mol. The summed E-state index contributed by atoms with van der Waals surface area (Å²) >= 11 is 0. The number of ether oxygens (including phenoxy) is 2. The van der Waals surface area contributed by atoms with Gasteiger partial charge in [0, 0.05) is 0 Å². The standard InChI is InChI=1S/C15H24O5S/c1-5-6-12(2)19-15-9-7-14(8-10-15)18-11-13(3)20-21(4,16)17/h7-10,12-13H,5-6,11H2,1-4H3. The maximum Gasteiger partial charge on any atom is 0.264 e. The molecule has 1 aromatic carbocycles. The first-order valence-electron chi connectivity index (χ1n) is 7.08. The van der Waals surface area contributed by atoms with Gasteiger partial charge in [0.05, 0.1) is 12.4 Å². The second-order valence-corrected chi connectivity index (χ2v) is 6.71. The fourth-order valence-corrected chi connectivity index (χ4v) is 2.50. The molecule has 0 heterocycles. The van der Waals surface area contributed by atoms with Gasteiger partial charge in [-0.1, -0.05) is 13.3 Å². The van der Waals surface area contributed by atoms with Gasteiger partial charge in [-0.25, -0.2) is 0 Å². The van der Waals surface area contributed by atoms with Gasteiger partial charge in [0.1, 0.15) is 24.2 Å². The summed E-state index contributed by atoms with van der Waals surface area (Å²) in [6.45, 7) is 5.97. The van der Waals surface area contributed by atoms with Crippen molar-refractivity contribution < 1.29 is 22.1 Å². The van der Waals surface area contributed by atoms with Gasteiger partial charge in [-0.05, 0) is 44.5 Å². The van der Waals surface area contributed by atoms with Crippen LogP contribution < -0.4 is 9.47 Å². The highest BCUT2D eigenvalue weighted by molar-refractivity contribution is 7.86. The van der Waals surface area contributed by atoms with Crippen LogP contribution >= 0.6 is 0 Å². The Labute approximate surface area is 127 Å². The smallest absolute Gasteiger partial charge is 0.264 e. The Balaban J connectivity index is 2.44. The maximum absolute atomic E-state index is 11.0. The molecule has 0 aliphatic rings. The van der Waals surface area contributed by atoms with E-state index in [0.717, 1.165) is 24.8 Å². The molecule has 0 N–H and O–H groups in total. The summed E-state index contributed by atoms with van der Waals surface area (Å²) in [5, 5.41) is 0. The van der Waals surface area contributed by atoms with E-state index in [1.807, 2.05) is 19.1 Å². The minimum atomic E-state index is -3.45. The maximum atomic E-state index is 11.0. The third kappa shape index (κ3) is 7.92. The number of rotatable bonds is 9. The molecule has 0 saturated heterocycles. The molecule has 0 aromatic heterocycles. The van der Waals surface area contributed by atoms with Crippen molar-refractivity contribution in [2.24, 2.45) is 0 Å². The topological polar surface area (TPSA) is 61.8 Å². The molecule has 2 atom stereocenters. The van der Waals surface area contributed by atoms with Crippen LogP contribution in [0.4, 0.5) is 0 Å². The van der Waals surface area contributed by atoms with Crippen LogP contribution in [0.5, 0.6) is 11.5 Å². The van der Waals surface area contributed by atoms with E-state index in [9.17, 15) is 8.42 Å². The van der Waals surface area contributed by atoms with Gasteiger partial charge >= 0.3 is 0 Å². The fraction of sp³-hybridized carbons (Fsp3) is 0.600. The Kier molecular flexibility index (Phi) is 6.98. The molecule has 0 fully saturated rings. The minimum absolute atomic E-state index is 0.166. The molecule has 1 rings (SSSR count). The van der Waals surface area contributed by atoms with Gasteiger partial charge in [-0.2, -0.15) is 8.42 Å². The monoisotopic (exact) mass is 316 g/mol. The predicted octanol–water partition coefficient (Wildman–Crippen LogP) is 3.00. The van der Waals surface area contributed by atoms with Crippen molar-refractivity contribution in [2.75, 3.05) is 12.9 Å². The van der Waals surface area contributed by atoms with Crippen LogP contribution in [0.25, 0.3) is 0 Å². The molecule has 0 aliphatic carbocycles. The summed E-state index contributed by atoms with van der Waals surface area (Å²) in [4.78, 5) is 0. The van der Waals surface area contributed by atoms with E-state index in [2.05, 4.69) is 6.92 Å². The first-order chi connectivity index (χ1) is 9.80. The first kappa shape index (κ1) is 17.8. The van der Waals surface area contributed by atoms with Crippen LogP contribution in [-0.4, -0.2) is 33.5 Å². The molecular formula is C15H24O5S. The van der Waals surface area contributed by atoms with E-state index in [-0.39, 0.29) is 12.7 Å². The van der Waals surface area contributed by atoms with Crippen LogP contribution in [0.15, 0.2) is 24.3 Å². The number of hydrogen-bond acceptors (Lipinski definition) is 5. The summed E-state index contributed by atoms with van der Waals surface area (Å²) < 4.78 is 37.9. The number of hydrogen-bond donors (Lipinski definition) is 0. The molecule has 0 radical (unpaired) electrons. The molecule has 120 valence electrons. The van der Waals surface area contributed by atoms with Crippen LogP contribution in [-0.2, 0) is 14.3 Å². The lowest BCUT2D eigenvalue weighted by molar-refractivity contribution is 0.150. The van der Waals surface area contributed by atoms with Crippen molar-refractivity contribution in [3.8, 4) is 11.5 Å². The second kappa shape index (κ2) is 8.24. The average Bonchev–Trinajstić information content (AvgIpc) is 2.36. The molecule has 0 saturated carbocycles. The fourth-order valence-electron chi connectivity index (χ4n) is 1.85. The lowest BCUT2D eigenvalue weighted by atomic mass is 10.2. The summed E-state index contributed by atoms with van der Waals surface area (Å²) in [5.41, 5.74) is 0. The SMILES string of the molecule is CCCC(C)Oc1ccc(OCC(C)OS(C)(=O)=O)cc1. The highest BCUT2D eigenvalue weighted by Gasteiger charge is 2.11. The molecule has 0 amide bonds. The van der Waals surface area contributed by atoms with Gasteiger partial charge in [0.2, 0.25) is 0 Å². The largest absolute Gasteiger partial charge is 0.491 e. The Morgan fingerprint density at radius 3 is 2.14 bits per heavy atom. The predicted molar refractivity (Wildman–Crippen MR) is 82.3 cm³/mol. The van der Waals surface area contributed by atoms with E-state index in [0.29, 0.717) is 5.75 Å². The Hall–Kier alpha value is -1.27. The highest BCUT2D eigenvalue weighted by atomic mass is 32.2. The third-order valence-electron chi connectivity index (χ3n) is 2.68. The highest BCUT2D eigenvalue weighted by Crippen LogP contribution is 2.20. The molecule has 0 spiro atoms. The molecule has 6 heteroatoms. The van der Waals surface area contributed by atoms with E-state index in [1.54, 1.807) is 19.1 Å². The molecule has 2 unspecified atom stereocenters. The van der Waals surface area contributed by atoms with Gasteiger partial charge in [0.25, 0.3) is 10.1 Å². The van der Waals surface area contributed by atoms with Crippen molar-refractivity contribution in [2.45, 2.75) is 45.8 Å². The normalized spacial score (nSPS) is 14.5. The molecule has 0 bridgehead atoms.